The van der Waals surface area contributed by atoms with Gasteiger partial charge in [-0.1, -0.05) is 0 Å². The van der Waals surface area contributed by atoms with Crippen molar-refractivity contribution in [1.29, 1.82) is 5.41 Å². The van der Waals surface area contributed by atoms with E-state index in [9.17, 15) is 9.59 Å². The number of anilines is 1. The maximum absolute atomic E-state index is 12.3. The van der Waals surface area contributed by atoms with Gasteiger partial charge in [0.2, 0.25) is 0 Å². The number of amides is 2. The molecule has 2 amide bonds. The highest BCUT2D eigenvalue weighted by Crippen LogP contribution is 2.38. The Morgan fingerprint density at radius 3 is 2.71 bits per heavy atom. The number of hydrogen-bond acceptors (Lipinski definition) is 4. The summed E-state index contributed by atoms with van der Waals surface area (Å²) >= 11 is 0. The third-order valence-corrected chi connectivity index (χ3v) is 3.20. The summed E-state index contributed by atoms with van der Waals surface area (Å²) in [5, 5.41) is 9.28. The number of benzene rings is 1. The van der Waals surface area contributed by atoms with E-state index in [1.54, 1.807) is 36.9 Å². The second kappa shape index (κ2) is 5.08. The molecule has 1 heterocycles. The normalized spacial score (nSPS) is 16.0. The molecule has 7 heteroatoms. The van der Waals surface area contributed by atoms with Gasteiger partial charge in [-0.25, -0.2) is 0 Å². The second-order valence-corrected chi connectivity index (χ2v) is 5.21. The fourth-order valence-corrected chi connectivity index (χ4v) is 2.22. The van der Waals surface area contributed by atoms with Gasteiger partial charge in [0, 0.05) is 12.1 Å². The van der Waals surface area contributed by atoms with Crippen LogP contribution in [0.2, 0.25) is 0 Å². The fourth-order valence-electron chi connectivity index (χ4n) is 2.22. The SMILES string of the molecule is CCN1C(=O)C(C)(C)Oc2ccc(C(=O)NC(=N)N)cc21. The van der Waals surface area contributed by atoms with Crippen LogP contribution in [0.25, 0.3) is 0 Å². The molecule has 0 bridgehead atoms. The van der Waals surface area contributed by atoms with Gasteiger partial charge in [-0.3, -0.25) is 20.3 Å². The quantitative estimate of drug-likeness (QED) is 0.553. The van der Waals surface area contributed by atoms with Crippen LogP contribution in [0.15, 0.2) is 18.2 Å². The lowest BCUT2D eigenvalue weighted by molar-refractivity contribution is -0.132. The summed E-state index contributed by atoms with van der Waals surface area (Å²) in [5.41, 5.74) is 5.05. The number of carbonyl (C=O) groups excluding carboxylic acids is 2. The van der Waals surface area contributed by atoms with Crippen LogP contribution in [0.3, 0.4) is 0 Å². The number of nitrogens with zero attached hydrogens (tertiary/aromatic N) is 1. The van der Waals surface area contributed by atoms with Gasteiger partial charge in [-0.2, -0.15) is 0 Å². The summed E-state index contributed by atoms with van der Waals surface area (Å²) < 4.78 is 5.69. The topological polar surface area (TPSA) is 109 Å². The number of carbonyl (C=O) groups is 2. The zero-order valence-corrected chi connectivity index (χ0v) is 12.2. The Morgan fingerprint density at radius 2 is 2.14 bits per heavy atom. The molecular weight excluding hydrogens is 272 g/mol. The van der Waals surface area contributed by atoms with Crippen LogP contribution in [0.5, 0.6) is 5.75 Å². The first kappa shape index (κ1) is 14.8. The summed E-state index contributed by atoms with van der Waals surface area (Å²) in [7, 11) is 0. The molecular formula is C14H18N4O3. The highest BCUT2D eigenvalue weighted by atomic mass is 16.5. The van der Waals surface area contributed by atoms with Gasteiger partial charge in [0.1, 0.15) is 5.75 Å². The van der Waals surface area contributed by atoms with E-state index >= 15 is 0 Å². The summed E-state index contributed by atoms with van der Waals surface area (Å²) in [5.74, 6) is -0.556. The van der Waals surface area contributed by atoms with Gasteiger partial charge in [0.05, 0.1) is 5.69 Å². The minimum Gasteiger partial charge on any atom is -0.476 e. The molecule has 112 valence electrons. The minimum atomic E-state index is -0.938. The van der Waals surface area contributed by atoms with E-state index in [1.165, 1.54) is 0 Å². The van der Waals surface area contributed by atoms with Crippen LogP contribution in [-0.2, 0) is 4.79 Å². The van der Waals surface area contributed by atoms with Crippen molar-refractivity contribution in [1.82, 2.24) is 5.32 Å². The van der Waals surface area contributed by atoms with Crippen molar-refractivity contribution in [3.8, 4) is 5.75 Å². The lowest BCUT2D eigenvalue weighted by Gasteiger charge is -2.38. The number of nitrogens with one attached hydrogen (secondary N) is 2. The van der Waals surface area contributed by atoms with Crippen molar-refractivity contribution in [2.75, 3.05) is 11.4 Å². The van der Waals surface area contributed by atoms with Crippen LogP contribution < -0.4 is 20.7 Å². The van der Waals surface area contributed by atoms with Gasteiger partial charge >= 0.3 is 0 Å². The van der Waals surface area contributed by atoms with Crippen molar-refractivity contribution >= 4 is 23.5 Å². The molecule has 0 spiro atoms. The molecule has 0 radical (unpaired) electrons. The van der Waals surface area contributed by atoms with Crippen LogP contribution in [-0.4, -0.2) is 29.9 Å². The number of hydrogen-bond donors (Lipinski definition) is 3. The van der Waals surface area contributed by atoms with Crippen molar-refractivity contribution in [3.63, 3.8) is 0 Å². The zero-order chi connectivity index (χ0) is 15.8. The predicted molar refractivity (Wildman–Crippen MR) is 78.6 cm³/mol. The summed E-state index contributed by atoms with van der Waals surface area (Å²) in [6.07, 6.45) is 0. The number of likely N-dealkylation sites (N-methyl/N-ethyl adjacent to an activating group) is 1. The largest absolute Gasteiger partial charge is 0.476 e. The summed E-state index contributed by atoms with van der Waals surface area (Å²) in [4.78, 5) is 25.8. The number of ether oxygens (including phenoxy) is 1. The Hall–Kier alpha value is -2.57. The average Bonchev–Trinajstić information content (AvgIpc) is 2.38. The zero-order valence-electron chi connectivity index (χ0n) is 12.2. The molecule has 4 N–H and O–H groups in total. The predicted octanol–water partition coefficient (Wildman–Crippen LogP) is 0.834. The van der Waals surface area contributed by atoms with Crippen LogP contribution in [0.4, 0.5) is 5.69 Å². The molecule has 0 aliphatic carbocycles. The number of guanidine groups is 1. The molecule has 1 aliphatic rings. The Morgan fingerprint density at radius 1 is 1.48 bits per heavy atom. The third-order valence-electron chi connectivity index (χ3n) is 3.20. The first-order valence-electron chi connectivity index (χ1n) is 6.56. The third kappa shape index (κ3) is 2.67. The van der Waals surface area contributed by atoms with Gasteiger partial charge in [-0.15, -0.1) is 0 Å². The highest BCUT2D eigenvalue weighted by molar-refractivity contribution is 6.07. The molecule has 0 fully saturated rings. The van der Waals surface area contributed by atoms with Crippen LogP contribution >= 0.6 is 0 Å². The molecule has 21 heavy (non-hydrogen) atoms. The van der Waals surface area contributed by atoms with E-state index < -0.39 is 17.5 Å². The van der Waals surface area contributed by atoms with Gasteiger partial charge in [-0.05, 0) is 39.0 Å². The van der Waals surface area contributed by atoms with E-state index in [2.05, 4.69) is 5.32 Å². The summed E-state index contributed by atoms with van der Waals surface area (Å²) in [6, 6.07) is 4.77. The molecule has 0 aromatic heterocycles. The molecule has 0 atom stereocenters. The summed E-state index contributed by atoms with van der Waals surface area (Å²) in [6.45, 7) is 5.73. The van der Waals surface area contributed by atoms with E-state index in [4.69, 9.17) is 15.9 Å². The fraction of sp³-hybridized carbons (Fsp3) is 0.357. The maximum atomic E-state index is 12.3. The maximum Gasteiger partial charge on any atom is 0.270 e. The van der Waals surface area contributed by atoms with Crippen molar-refractivity contribution in [2.24, 2.45) is 5.73 Å². The van der Waals surface area contributed by atoms with Crippen molar-refractivity contribution in [2.45, 2.75) is 26.4 Å². The highest BCUT2D eigenvalue weighted by Gasteiger charge is 2.40. The Kier molecular flexibility index (Phi) is 3.59. The Balaban J connectivity index is 2.44. The average molecular weight is 290 g/mol. The van der Waals surface area contributed by atoms with E-state index in [1.807, 2.05) is 6.92 Å². The van der Waals surface area contributed by atoms with Crippen LogP contribution in [0.1, 0.15) is 31.1 Å². The van der Waals surface area contributed by atoms with Gasteiger partial charge in [0.25, 0.3) is 11.8 Å². The van der Waals surface area contributed by atoms with E-state index in [-0.39, 0.29) is 5.91 Å². The Labute approximate surface area is 122 Å². The molecule has 1 aromatic rings. The lowest BCUT2D eigenvalue weighted by Crippen LogP contribution is -2.52. The second-order valence-electron chi connectivity index (χ2n) is 5.21. The van der Waals surface area contributed by atoms with Crippen molar-refractivity contribution in [3.05, 3.63) is 23.8 Å². The molecule has 0 saturated carbocycles. The number of fused-ring (bicyclic) bond motifs is 1. The van der Waals surface area contributed by atoms with E-state index in [0.29, 0.717) is 23.5 Å². The smallest absolute Gasteiger partial charge is 0.270 e. The first-order chi connectivity index (χ1) is 9.76. The van der Waals surface area contributed by atoms with Gasteiger partial charge in [0.15, 0.2) is 11.6 Å². The first-order valence-corrected chi connectivity index (χ1v) is 6.56. The molecule has 1 aromatic carbocycles. The van der Waals surface area contributed by atoms with E-state index in [0.717, 1.165) is 0 Å². The molecule has 7 nitrogen and oxygen atoms in total. The standard InChI is InChI=1S/C14H18N4O3/c1-4-18-9-7-8(11(19)17-13(15)16)5-6-10(9)21-14(2,3)12(18)20/h5-7H,4H2,1-3H3,(H4,15,16,17,19). The minimum absolute atomic E-state index is 0.165. The number of rotatable bonds is 2. The molecule has 2 rings (SSSR count). The molecule has 1 aliphatic heterocycles. The van der Waals surface area contributed by atoms with Crippen molar-refractivity contribution < 1.29 is 14.3 Å². The van der Waals surface area contributed by atoms with Crippen LogP contribution in [0, 0.1) is 5.41 Å². The Bertz CT molecular complexity index is 625. The van der Waals surface area contributed by atoms with Gasteiger partial charge < -0.3 is 15.4 Å². The molecule has 0 saturated heterocycles. The lowest BCUT2D eigenvalue weighted by atomic mass is 10.0. The number of nitrogens with two attached hydrogens (primary N) is 1. The monoisotopic (exact) mass is 290 g/mol. The molecule has 0 unspecified atom stereocenters.